The standard InChI is InChI=1S/C11H8BrIN4S/c12-7-2-1-6(5-8(7)13)17-11-9(10(14)18)15-3-4-16-11/h1-5H,(H2,14,18)(H,16,17). The van der Waals surface area contributed by atoms with Gasteiger partial charge in [-0.3, -0.25) is 0 Å². The average Bonchev–Trinajstić information content (AvgIpc) is 2.34. The normalized spacial score (nSPS) is 10.1. The molecule has 2 aromatic rings. The summed E-state index contributed by atoms with van der Waals surface area (Å²) in [6.07, 6.45) is 3.15. The van der Waals surface area contributed by atoms with Crippen LogP contribution in [-0.2, 0) is 0 Å². The van der Waals surface area contributed by atoms with Crippen molar-refractivity contribution in [3.63, 3.8) is 0 Å². The SMILES string of the molecule is NC(=S)c1nccnc1Nc1ccc(Br)c(I)c1. The third-order valence-electron chi connectivity index (χ3n) is 2.11. The van der Waals surface area contributed by atoms with E-state index in [0.717, 1.165) is 13.7 Å². The van der Waals surface area contributed by atoms with Crippen LogP contribution in [0.3, 0.4) is 0 Å². The molecule has 0 saturated heterocycles. The Hall–Kier alpha value is -0.800. The second-order valence-electron chi connectivity index (χ2n) is 3.37. The predicted octanol–water partition coefficient (Wildman–Crippen LogP) is 3.22. The van der Waals surface area contributed by atoms with Crippen molar-refractivity contribution < 1.29 is 0 Å². The highest BCUT2D eigenvalue weighted by molar-refractivity contribution is 14.1. The first-order valence-corrected chi connectivity index (χ1v) is 7.19. The Morgan fingerprint density at radius 2 is 2.06 bits per heavy atom. The van der Waals surface area contributed by atoms with Gasteiger partial charge in [0.15, 0.2) is 5.82 Å². The molecule has 18 heavy (non-hydrogen) atoms. The lowest BCUT2D eigenvalue weighted by molar-refractivity contribution is 1.18. The van der Waals surface area contributed by atoms with Crippen molar-refractivity contribution >= 4 is 67.2 Å². The molecule has 1 aromatic carbocycles. The van der Waals surface area contributed by atoms with E-state index in [9.17, 15) is 0 Å². The average molecular weight is 435 g/mol. The lowest BCUT2D eigenvalue weighted by Crippen LogP contribution is -2.14. The Morgan fingerprint density at radius 1 is 1.33 bits per heavy atom. The lowest BCUT2D eigenvalue weighted by atomic mass is 10.3. The zero-order valence-electron chi connectivity index (χ0n) is 9.02. The topological polar surface area (TPSA) is 63.8 Å². The Bertz CT molecular complexity index is 605. The fraction of sp³-hybridized carbons (Fsp3) is 0. The van der Waals surface area contributed by atoms with E-state index in [-0.39, 0.29) is 4.99 Å². The van der Waals surface area contributed by atoms with E-state index in [4.69, 9.17) is 18.0 Å². The van der Waals surface area contributed by atoms with Gasteiger partial charge >= 0.3 is 0 Å². The van der Waals surface area contributed by atoms with Crippen molar-refractivity contribution in [1.82, 2.24) is 9.97 Å². The van der Waals surface area contributed by atoms with Crippen LogP contribution >= 0.6 is 50.7 Å². The second-order valence-corrected chi connectivity index (χ2v) is 5.83. The van der Waals surface area contributed by atoms with E-state index < -0.39 is 0 Å². The number of anilines is 2. The smallest absolute Gasteiger partial charge is 0.159 e. The number of hydrogen-bond acceptors (Lipinski definition) is 4. The summed E-state index contributed by atoms with van der Waals surface area (Å²) in [6, 6.07) is 5.88. The van der Waals surface area contributed by atoms with Gasteiger partial charge in [0.2, 0.25) is 0 Å². The maximum Gasteiger partial charge on any atom is 0.159 e. The van der Waals surface area contributed by atoms with Crippen LogP contribution in [0.4, 0.5) is 11.5 Å². The summed E-state index contributed by atoms with van der Waals surface area (Å²) >= 11 is 10.6. The molecule has 0 aliphatic carbocycles. The first-order valence-electron chi connectivity index (χ1n) is 4.91. The van der Waals surface area contributed by atoms with Gasteiger partial charge in [-0.15, -0.1) is 0 Å². The highest BCUT2D eigenvalue weighted by Crippen LogP contribution is 2.24. The molecule has 4 nitrogen and oxygen atoms in total. The summed E-state index contributed by atoms with van der Waals surface area (Å²) in [4.78, 5) is 8.52. The monoisotopic (exact) mass is 434 g/mol. The zero-order valence-corrected chi connectivity index (χ0v) is 13.6. The van der Waals surface area contributed by atoms with Gasteiger partial charge in [0.1, 0.15) is 10.7 Å². The van der Waals surface area contributed by atoms with Crippen LogP contribution in [0.25, 0.3) is 0 Å². The molecule has 0 bridgehead atoms. The maximum absolute atomic E-state index is 5.60. The Kier molecular flexibility index (Phi) is 4.46. The Labute approximate surface area is 132 Å². The summed E-state index contributed by atoms with van der Waals surface area (Å²) in [6.45, 7) is 0. The molecule has 1 aromatic heterocycles. The molecule has 1 heterocycles. The van der Waals surface area contributed by atoms with Crippen molar-refractivity contribution in [3.05, 3.63) is 44.3 Å². The number of hydrogen-bond donors (Lipinski definition) is 2. The molecular formula is C11H8BrIN4S. The number of nitrogens with one attached hydrogen (secondary N) is 1. The highest BCUT2D eigenvalue weighted by atomic mass is 127. The van der Waals surface area contributed by atoms with Crippen molar-refractivity contribution in [2.45, 2.75) is 0 Å². The largest absolute Gasteiger partial charge is 0.388 e. The van der Waals surface area contributed by atoms with Crippen LogP contribution in [0, 0.1) is 3.57 Å². The van der Waals surface area contributed by atoms with Crippen molar-refractivity contribution in [2.24, 2.45) is 5.73 Å². The minimum absolute atomic E-state index is 0.220. The third-order valence-corrected chi connectivity index (χ3v) is 4.63. The van der Waals surface area contributed by atoms with Crippen LogP contribution in [0.1, 0.15) is 5.69 Å². The van der Waals surface area contributed by atoms with E-state index in [0.29, 0.717) is 11.5 Å². The molecule has 0 unspecified atom stereocenters. The van der Waals surface area contributed by atoms with Crippen molar-refractivity contribution in [2.75, 3.05) is 5.32 Å². The molecule has 0 saturated carbocycles. The van der Waals surface area contributed by atoms with Gasteiger partial charge in [0, 0.05) is 26.1 Å². The number of nitrogens with zero attached hydrogens (tertiary/aromatic N) is 2. The molecule has 0 spiro atoms. The van der Waals surface area contributed by atoms with E-state index in [2.05, 4.69) is 53.8 Å². The summed E-state index contributed by atoms with van der Waals surface area (Å²) in [5, 5.41) is 3.16. The highest BCUT2D eigenvalue weighted by Gasteiger charge is 2.08. The van der Waals surface area contributed by atoms with E-state index in [1.165, 1.54) is 0 Å². The molecule has 92 valence electrons. The molecule has 0 radical (unpaired) electrons. The van der Waals surface area contributed by atoms with Crippen LogP contribution in [0.5, 0.6) is 0 Å². The summed E-state index contributed by atoms with van der Waals surface area (Å²) in [5.41, 5.74) is 7.00. The number of aromatic nitrogens is 2. The molecule has 0 aliphatic rings. The first-order chi connectivity index (χ1) is 8.58. The Morgan fingerprint density at radius 3 is 2.72 bits per heavy atom. The molecule has 0 fully saturated rings. The van der Waals surface area contributed by atoms with Gasteiger partial charge in [-0.05, 0) is 56.7 Å². The van der Waals surface area contributed by atoms with Gasteiger partial charge in [-0.25, -0.2) is 9.97 Å². The van der Waals surface area contributed by atoms with E-state index in [1.807, 2.05) is 18.2 Å². The van der Waals surface area contributed by atoms with Gasteiger partial charge < -0.3 is 11.1 Å². The van der Waals surface area contributed by atoms with Crippen LogP contribution in [0.15, 0.2) is 35.1 Å². The van der Waals surface area contributed by atoms with Gasteiger partial charge in [-0.2, -0.15) is 0 Å². The van der Waals surface area contributed by atoms with E-state index in [1.54, 1.807) is 12.4 Å². The first kappa shape index (κ1) is 13.6. The quantitative estimate of drug-likeness (QED) is 0.573. The molecule has 7 heteroatoms. The second kappa shape index (κ2) is 5.89. The minimum atomic E-state index is 0.220. The van der Waals surface area contributed by atoms with E-state index >= 15 is 0 Å². The zero-order chi connectivity index (χ0) is 13.1. The van der Waals surface area contributed by atoms with Crippen LogP contribution in [-0.4, -0.2) is 15.0 Å². The van der Waals surface area contributed by atoms with Crippen LogP contribution in [0.2, 0.25) is 0 Å². The fourth-order valence-corrected chi connectivity index (χ4v) is 2.23. The molecular weight excluding hydrogens is 427 g/mol. The number of rotatable bonds is 3. The van der Waals surface area contributed by atoms with Gasteiger partial charge in [0.05, 0.1) is 0 Å². The maximum atomic E-state index is 5.60. The number of nitrogens with two attached hydrogens (primary N) is 1. The van der Waals surface area contributed by atoms with Gasteiger partial charge in [0.25, 0.3) is 0 Å². The number of halogens is 2. The molecule has 0 amide bonds. The lowest BCUT2D eigenvalue weighted by Gasteiger charge is -2.09. The van der Waals surface area contributed by atoms with Gasteiger partial charge in [-0.1, -0.05) is 12.2 Å². The van der Waals surface area contributed by atoms with Crippen LogP contribution < -0.4 is 11.1 Å². The Balaban J connectivity index is 2.34. The minimum Gasteiger partial charge on any atom is -0.388 e. The molecule has 2 rings (SSSR count). The fourth-order valence-electron chi connectivity index (χ4n) is 1.32. The summed E-state index contributed by atoms with van der Waals surface area (Å²) in [7, 11) is 0. The third kappa shape index (κ3) is 3.15. The summed E-state index contributed by atoms with van der Waals surface area (Å²) in [5.74, 6) is 0.558. The molecule has 0 atom stereocenters. The summed E-state index contributed by atoms with van der Waals surface area (Å²) < 4.78 is 2.14. The van der Waals surface area contributed by atoms with Crippen molar-refractivity contribution in [3.8, 4) is 0 Å². The van der Waals surface area contributed by atoms with Crippen molar-refractivity contribution in [1.29, 1.82) is 0 Å². The molecule has 0 aliphatic heterocycles. The molecule has 3 N–H and O–H groups in total. The number of thiocarbonyl (C=S) groups is 1. The predicted molar refractivity (Wildman–Crippen MR) is 88.1 cm³/mol. The number of benzene rings is 1.